The lowest BCUT2D eigenvalue weighted by Crippen LogP contribution is -2.33. The average molecular weight is 259 g/mol. The van der Waals surface area contributed by atoms with E-state index in [1.807, 2.05) is 12.1 Å². The Labute approximate surface area is 116 Å². The van der Waals surface area contributed by atoms with Crippen LogP contribution < -0.4 is 0 Å². The summed E-state index contributed by atoms with van der Waals surface area (Å²) in [6.07, 6.45) is 4.03. The topological polar surface area (TPSA) is 20.3 Å². The Balaban J connectivity index is 1.87. The normalized spacial score (nSPS) is 15.8. The molecule has 0 N–H and O–H groups in total. The van der Waals surface area contributed by atoms with Crippen molar-refractivity contribution in [3.05, 3.63) is 35.4 Å². The van der Waals surface area contributed by atoms with Crippen LogP contribution >= 0.6 is 0 Å². The van der Waals surface area contributed by atoms with Gasteiger partial charge >= 0.3 is 0 Å². The molecule has 0 aromatic heterocycles. The fraction of sp³-hybridized carbons (Fsp3) is 0.588. The van der Waals surface area contributed by atoms with Gasteiger partial charge in [0.2, 0.25) is 0 Å². The highest BCUT2D eigenvalue weighted by atomic mass is 16.1. The second-order valence-corrected chi connectivity index (χ2v) is 6.19. The molecule has 1 aromatic carbocycles. The Morgan fingerprint density at radius 1 is 1.26 bits per heavy atom. The van der Waals surface area contributed by atoms with Crippen LogP contribution in [0.3, 0.4) is 0 Å². The van der Waals surface area contributed by atoms with Crippen molar-refractivity contribution in [2.45, 2.75) is 39.0 Å². The summed E-state index contributed by atoms with van der Waals surface area (Å²) in [5, 5.41) is 0. The van der Waals surface area contributed by atoms with Crippen LogP contribution in [-0.2, 0) is 0 Å². The Morgan fingerprint density at radius 3 is 2.37 bits per heavy atom. The molecule has 1 saturated carbocycles. The van der Waals surface area contributed by atoms with Gasteiger partial charge in [-0.2, -0.15) is 0 Å². The minimum Gasteiger partial charge on any atom is -0.299 e. The van der Waals surface area contributed by atoms with E-state index in [4.69, 9.17) is 0 Å². The first-order valence-corrected chi connectivity index (χ1v) is 7.38. The van der Waals surface area contributed by atoms with E-state index < -0.39 is 0 Å². The van der Waals surface area contributed by atoms with E-state index >= 15 is 0 Å². The van der Waals surface area contributed by atoms with Crippen molar-refractivity contribution in [3.8, 4) is 0 Å². The number of Topliss-reactive ketones (excluding diaryl/α,β-unsaturated/α-hetero) is 1. The van der Waals surface area contributed by atoms with Gasteiger partial charge in [-0.05, 0) is 37.3 Å². The molecule has 0 spiro atoms. The molecule has 0 unspecified atom stereocenters. The van der Waals surface area contributed by atoms with E-state index in [9.17, 15) is 4.79 Å². The van der Waals surface area contributed by atoms with Crippen LogP contribution in [-0.4, -0.2) is 30.8 Å². The van der Waals surface area contributed by atoms with E-state index in [0.717, 1.165) is 18.0 Å². The monoisotopic (exact) mass is 259 g/mol. The molecule has 0 amide bonds. The van der Waals surface area contributed by atoms with Crippen molar-refractivity contribution in [3.63, 3.8) is 0 Å². The Kier molecular flexibility index (Phi) is 4.76. The van der Waals surface area contributed by atoms with Gasteiger partial charge in [-0.15, -0.1) is 0 Å². The van der Waals surface area contributed by atoms with Gasteiger partial charge in [0.25, 0.3) is 0 Å². The molecule has 0 atom stereocenters. The zero-order chi connectivity index (χ0) is 13.8. The van der Waals surface area contributed by atoms with Crippen LogP contribution in [0.15, 0.2) is 24.3 Å². The van der Waals surface area contributed by atoms with Gasteiger partial charge < -0.3 is 0 Å². The number of likely N-dealkylation sites (N-methyl/N-ethyl adjacent to an activating group) is 1. The molecule has 0 radical (unpaired) electrons. The Morgan fingerprint density at radius 2 is 1.89 bits per heavy atom. The zero-order valence-corrected chi connectivity index (χ0v) is 12.4. The number of hydrogen-bond acceptors (Lipinski definition) is 2. The predicted molar refractivity (Wildman–Crippen MR) is 79.7 cm³/mol. The fourth-order valence-corrected chi connectivity index (χ4v) is 2.57. The van der Waals surface area contributed by atoms with Crippen molar-refractivity contribution in [2.75, 3.05) is 20.1 Å². The SMILES string of the molecule is CC(C)c1ccc(C(=O)CN(C)CC2CCC2)cc1. The summed E-state index contributed by atoms with van der Waals surface area (Å²) in [7, 11) is 2.05. The smallest absolute Gasteiger partial charge is 0.176 e. The maximum Gasteiger partial charge on any atom is 0.176 e. The summed E-state index contributed by atoms with van der Waals surface area (Å²) in [6, 6.07) is 8.08. The van der Waals surface area contributed by atoms with Crippen molar-refractivity contribution >= 4 is 5.78 Å². The van der Waals surface area contributed by atoms with Gasteiger partial charge in [-0.25, -0.2) is 0 Å². The molecular weight excluding hydrogens is 234 g/mol. The number of carbonyl (C=O) groups is 1. The maximum absolute atomic E-state index is 12.2. The van der Waals surface area contributed by atoms with Crippen molar-refractivity contribution in [1.82, 2.24) is 4.90 Å². The number of nitrogens with zero attached hydrogens (tertiary/aromatic N) is 1. The predicted octanol–water partition coefficient (Wildman–Crippen LogP) is 3.72. The van der Waals surface area contributed by atoms with Crippen LogP contribution in [0.1, 0.15) is 54.9 Å². The first-order chi connectivity index (χ1) is 9.06. The van der Waals surface area contributed by atoms with E-state index in [2.05, 4.69) is 37.9 Å². The quantitative estimate of drug-likeness (QED) is 0.726. The molecule has 1 fully saturated rings. The molecular formula is C17H25NO. The minimum atomic E-state index is 0.233. The van der Waals surface area contributed by atoms with E-state index in [-0.39, 0.29) is 5.78 Å². The van der Waals surface area contributed by atoms with E-state index in [1.165, 1.54) is 24.8 Å². The summed E-state index contributed by atoms with van der Waals surface area (Å²) < 4.78 is 0. The molecule has 1 aromatic rings. The van der Waals surface area contributed by atoms with Crippen molar-refractivity contribution < 1.29 is 4.79 Å². The van der Waals surface area contributed by atoms with Crippen molar-refractivity contribution in [2.24, 2.45) is 5.92 Å². The van der Waals surface area contributed by atoms with Gasteiger partial charge in [0.1, 0.15) is 0 Å². The van der Waals surface area contributed by atoms with Crippen LogP contribution in [0.5, 0.6) is 0 Å². The summed E-state index contributed by atoms with van der Waals surface area (Å²) in [5.74, 6) is 1.57. The lowest BCUT2D eigenvalue weighted by molar-refractivity contribution is 0.0925. The summed E-state index contributed by atoms with van der Waals surface area (Å²) in [4.78, 5) is 14.4. The molecule has 19 heavy (non-hydrogen) atoms. The molecule has 0 heterocycles. The number of hydrogen-bond donors (Lipinski definition) is 0. The minimum absolute atomic E-state index is 0.233. The van der Waals surface area contributed by atoms with Crippen LogP contribution in [0.25, 0.3) is 0 Å². The zero-order valence-electron chi connectivity index (χ0n) is 12.4. The summed E-state index contributed by atoms with van der Waals surface area (Å²) in [6.45, 7) is 5.94. The third-order valence-corrected chi connectivity index (χ3v) is 4.11. The highest BCUT2D eigenvalue weighted by Gasteiger charge is 2.20. The molecule has 2 heteroatoms. The highest BCUT2D eigenvalue weighted by Crippen LogP contribution is 2.26. The lowest BCUT2D eigenvalue weighted by Gasteiger charge is -2.29. The Bertz CT molecular complexity index is 417. The molecule has 2 nitrogen and oxygen atoms in total. The van der Waals surface area contributed by atoms with Crippen LogP contribution in [0.4, 0.5) is 0 Å². The van der Waals surface area contributed by atoms with Gasteiger partial charge in [0.15, 0.2) is 5.78 Å². The maximum atomic E-state index is 12.2. The average Bonchev–Trinajstić information content (AvgIpc) is 2.34. The van der Waals surface area contributed by atoms with Gasteiger partial charge in [0, 0.05) is 12.1 Å². The fourth-order valence-electron chi connectivity index (χ4n) is 2.57. The molecule has 1 aliphatic rings. The van der Waals surface area contributed by atoms with Gasteiger partial charge in [-0.3, -0.25) is 9.69 Å². The number of carbonyl (C=O) groups excluding carboxylic acids is 1. The first kappa shape index (κ1) is 14.3. The number of benzene rings is 1. The van der Waals surface area contributed by atoms with E-state index in [1.54, 1.807) is 0 Å². The van der Waals surface area contributed by atoms with Crippen LogP contribution in [0, 0.1) is 5.92 Å². The second kappa shape index (κ2) is 6.33. The van der Waals surface area contributed by atoms with Crippen LogP contribution in [0.2, 0.25) is 0 Å². The molecule has 2 rings (SSSR count). The van der Waals surface area contributed by atoms with Gasteiger partial charge in [0.05, 0.1) is 6.54 Å². The Hall–Kier alpha value is -1.15. The molecule has 1 aliphatic carbocycles. The highest BCUT2D eigenvalue weighted by molar-refractivity contribution is 5.97. The lowest BCUT2D eigenvalue weighted by atomic mass is 9.85. The molecule has 0 saturated heterocycles. The third kappa shape index (κ3) is 3.90. The second-order valence-electron chi connectivity index (χ2n) is 6.19. The van der Waals surface area contributed by atoms with Gasteiger partial charge in [-0.1, -0.05) is 44.5 Å². The molecule has 104 valence electrons. The van der Waals surface area contributed by atoms with Crippen molar-refractivity contribution in [1.29, 1.82) is 0 Å². The van der Waals surface area contributed by atoms with E-state index in [0.29, 0.717) is 12.5 Å². The summed E-state index contributed by atoms with van der Waals surface area (Å²) in [5.41, 5.74) is 2.13. The first-order valence-electron chi connectivity index (χ1n) is 7.38. The molecule has 0 aliphatic heterocycles. The summed E-state index contributed by atoms with van der Waals surface area (Å²) >= 11 is 0. The largest absolute Gasteiger partial charge is 0.299 e. The third-order valence-electron chi connectivity index (χ3n) is 4.11. The number of rotatable bonds is 6. The standard InChI is InChI=1S/C17H25NO/c1-13(2)15-7-9-16(10-8-15)17(19)12-18(3)11-14-5-4-6-14/h7-10,13-14H,4-6,11-12H2,1-3H3. The molecule has 0 bridgehead atoms. The number of ketones is 1.